The average Bonchev–Trinajstić information content (AvgIpc) is 3.13. The molecule has 4 heteroatoms. The number of nitrogens with zero attached hydrogens (tertiary/aromatic N) is 1. The van der Waals surface area contributed by atoms with E-state index in [1.165, 1.54) is 36.6 Å². The summed E-state index contributed by atoms with van der Waals surface area (Å²) in [5, 5.41) is 8.13. The second-order valence-electron chi connectivity index (χ2n) is 5.70. The van der Waals surface area contributed by atoms with Gasteiger partial charge in [-0.3, -0.25) is 0 Å². The summed E-state index contributed by atoms with van der Waals surface area (Å²) in [6.45, 7) is 3.68. The van der Waals surface area contributed by atoms with Gasteiger partial charge in [0.1, 0.15) is 0 Å². The van der Waals surface area contributed by atoms with Crippen molar-refractivity contribution < 1.29 is 0 Å². The molecule has 0 radical (unpaired) electrons. The smallest absolute Gasteiger partial charge is 0.191 e. The van der Waals surface area contributed by atoms with Gasteiger partial charge in [0.2, 0.25) is 0 Å². The molecule has 0 bridgehead atoms. The van der Waals surface area contributed by atoms with Crippen molar-refractivity contribution in [3.8, 4) is 0 Å². The van der Waals surface area contributed by atoms with Crippen molar-refractivity contribution >= 4 is 16.9 Å². The van der Waals surface area contributed by atoms with Crippen LogP contribution in [0.25, 0.3) is 10.9 Å². The molecule has 4 nitrogen and oxygen atoms in total. The van der Waals surface area contributed by atoms with E-state index < -0.39 is 0 Å². The summed E-state index contributed by atoms with van der Waals surface area (Å²) >= 11 is 0. The molecule has 0 saturated heterocycles. The minimum Gasteiger partial charge on any atom is -0.357 e. The molecule has 3 N–H and O–H groups in total. The molecule has 1 aromatic carbocycles. The van der Waals surface area contributed by atoms with Gasteiger partial charge in [0, 0.05) is 23.8 Å². The summed E-state index contributed by atoms with van der Waals surface area (Å²) in [5.41, 5.74) is 2.33. The number of hydrogen-bond acceptors (Lipinski definition) is 1. The van der Waals surface area contributed by atoms with Crippen LogP contribution in [0, 0.1) is 0 Å². The highest BCUT2D eigenvalue weighted by Crippen LogP contribution is 2.18. The number of aromatic nitrogens is 1. The van der Waals surface area contributed by atoms with Crippen LogP contribution in [-0.4, -0.2) is 23.5 Å². The fourth-order valence-electron chi connectivity index (χ4n) is 2.97. The van der Waals surface area contributed by atoms with Gasteiger partial charge in [0.05, 0.1) is 6.54 Å². The number of hydrogen-bond donors (Lipinski definition) is 3. The number of rotatable bonds is 4. The predicted molar refractivity (Wildman–Crippen MR) is 88.5 cm³/mol. The van der Waals surface area contributed by atoms with E-state index >= 15 is 0 Å². The Hall–Kier alpha value is -1.97. The van der Waals surface area contributed by atoms with Gasteiger partial charge in [-0.15, -0.1) is 0 Å². The molecule has 112 valence electrons. The number of nitrogens with one attached hydrogen (secondary N) is 3. The number of fused-ring (bicyclic) bond motifs is 1. The van der Waals surface area contributed by atoms with Crippen LogP contribution in [0.5, 0.6) is 0 Å². The first-order valence-corrected chi connectivity index (χ1v) is 7.96. The molecule has 2 aromatic rings. The standard InChI is InChI=1S/C17H24N4/c1-2-18-17(21-14-8-4-5-9-14)19-12-15-11-13-7-3-6-10-16(13)20-15/h3,6-7,10-11,14,20H,2,4-5,8-9,12H2,1H3,(H2,18,19,21). The van der Waals surface area contributed by atoms with E-state index in [-0.39, 0.29) is 0 Å². The molecule has 1 saturated carbocycles. The Morgan fingerprint density at radius 2 is 2.10 bits per heavy atom. The normalized spacial score (nSPS) is 16.5. The lowest BCUT2D eigenvalue weighted by molar-refractivity contribution is 0.613. The largest absolute Gasteiger partial charge is 0.357 e. The molecule has 21 heavy (non-hydrogen) atoms. The van der Waals surface area contributed by atoms with Crippen LogP contribution in [0.3, 0.4) is 0 Å². The fraction of sp³-hybridized carbons (Fsp3) is 0.471. The third-order valence-electron chi connectivity index (χ3n) is 4.03. The molecule has 1 aromatic heterocycles. The molecule has 0 unspecified atom stereocenters. The Kier molecular flexibility index (Phi) is 4.43. The molecule has 0 amide bonds. The minimum absolute atomic E-state index is 0.588. The molecular formula is C17H24N4. The Morgan fingerprint density at radius 3 is 2.86 bits per heavy atom. The van der Waals surface area contributed by atoms with Gasteiger partial charge < -0.3 is 15.6 Å². The van der Waals surface area contributed by atoms with E-state index in [0.717, 1.165) is 18.2 Å². The molecule has 0 atom stereocenters. The third kappa shape index (κ3) is 3.57. The summed E-state index contributed by atoms with van der Waals surface area (Å²) < 4.78 is 0. The lowest BCUT2D eigenvalue weighted by atomic mass is 10.2. The van der Waals surface area contributed by atoms with Gasteiger partial charge in [0.15, 0.2) is 5.96 Å². The maximum absolute atomic E-state index is 4.71. The van der Waals surface area contributed by atoms with E-state index in [9.17, 15) is 0 Å². The van der Waals surface area contributed by atoms with Crippen LogP contribution >= 0.6 is 0 Å². The van der Waals surface area contributed by atoms with Crippen LogP contribution in [0.4, 0.5) is 0 Å². The zero-order valence-electron chi connectivity index (χ0n) is 12.7. The first kappa shape index (κ1) is 14.0. The zero-order chi connectivity index (χ0) is 14.5. The van der Waals surface area contributed by atoms with E-state index in [1.807, 2.05) is 0 Å². The van der Waals surface area contributed by atoms with Crippen LogP contribution < -0.4 is 10.6 Å². The highest BCUT2D eigenvalue weighted by atomic mass is 15.2. The Bertz CT molecular complexity index is 575. The van der Waals surface area contributed by atoms with Gasteiger partial charge in [-0.05, 0) is 37.3 Å². The van der Waals surface area contributed by atoms with Crippen LogP contribution in [0.15, 0.2) is 35.3 Å². The highest BCUT2D eigenvalue weighted by Gasteiger charge is 2.15. The van der Waals surface area contributed by atoms with Gasteiger partial charge in [-0.1, -0.05) is 31.0 Å². The predicted octanol–water partition coefficient (Wildman–Crippen LogP) is 3.17. The summed E-state index contributed by atoms with van der Waals surface area (Å²) in [5.74, 6) is 0.933. The van der Waals surface area contributed by atoms with Crippen LogP contribution in [0.2, 0.25) is 0 Å². The van der Waals surface area contributed by atoms with Crippen LogP contribution in [-0.2, 0) is 6.54 Å². The molecule has 1 heterocycles. The molecular weight excluding hydrogens is 260 g/mol. The number of aromatic amines is 1. The summed E-state index contributed by atoms with van der Waals surface area (Å²) in [6.07, 6.45) is 5.19. The second-order valence-corrected chi connectivity index (χ2v) is 5.70. The summed E-state index contributed by atoms with van der Waals surface area (Å²) in [7, 11) is 0. The lowest BCUT2D eigenvalue weighted by Gasteiger charge is -2.16. The lowest BCUT2D eigenvalue weighted by Crippen LogP contribution is -2.42. The van der Waals surface area contributed by atoms with E-state index in [0.29, 0.717) is 12.6 Å². The van der Waals surface area contributed by atoms with Gasteiger partial charge in [0.25, 0.3) is 0 Å². The molecule has 0 aliphatic heterocycles. The summed E-state index contributed by atoms with van der Waals surface area (Å²) in [4.78, 5) is 8.13. The minimum atomic E-state index is 0.588. The van der Waals surface area contributed by atoms with Gasteiger partial charge in [-0.2, -0.15) is 0 Å². The van der Waals surface area contributed by atoms with Crippen molar-refractivity contribution in [2.24, 2.45) is 4.99 Å². The van der Waals surface area contributed by atoms with Crippen molar-refractivity contribution in [1.29, 1.82) is 0 Å². The average molecular weight is 284 g/mol. The Labute approximate surface area is 126 Å². The number of para-hydroxylation sites is 1. The van der Waals surface area contributed by atoms with Gasteiger partial charge >= 0.3 is 0 Å². The first-order chi connectivity index (χ1) is 10.3. The molecule has 1 aliphatic carbocycles. The van der Waals surface area contributed by atoms with Crippen molar-refractivity contribution in [1.82, 2.24) is 15.6 Å². The monoisotopic (exact) mass is 284 g/mol. The number of aliphatic imine (C=N–C) groups is 1. The van der Waals surface area contributed by atoms with Gasteiger partial charge in [-0.25, -0.2) is 4.99 Å². The van der Waals surface area contributed by atoms with Crippen LogP contribution in [0.1, 0.15) is 38.3 Å². The van der Waals surface area contributed by atoms with Crippen molar-refractivity contribution in [2.75, 3.05) is 6.54 Å². The van der Waals surface area contributed by atoms with E-state index in [2.05, 4.69) is 52.9 Å². The summed E-state index contributed by atoms with van der Waals surface area (Å²) in [6, 6.07) is 11.1. The first-order valence-electron chi connectivity index (χ1n) is 7.96. The number of guanidine groups is 1. The Morgan fingerprint density at radius 1 is 1.29 bits per heavy atom. The molecule has 1 aliphatic rings. The van der Waals surface area contributed by atoms with Crippen molar-refractivity contribution in [2.45, 2.75) is 45.2 Å². The maximum Gasteiger partial charge on any atom is 0.191 e. The fourth-order valence-corrected chi connectivity index (χ4v) is 2.97. The quantitative estimate of drug-likeness (QED) is 0.596. The topological polar surface area (TPSA) is 52.2 Å². The van der Waals surface area contributed by atoms with E-state index in [4.69, 9.17) is 4.99 Å². The number of benzene rings is 1. The highest BCUT2D eigenvalue weighted by molar-refractivity contribution is 5.81. The SMILES string of the molecule is CCNC(=NCc1cc2ccccc2[nH]1)NC1CCCC1. The molecule has 3 rings (SSSR count). The molecule has 0 spiro atoms. The maximum atomic E-state index is 4.71. The molecule has 1 fully saturated rings. The van der Waals surface area contributed by atoms with Crippen molar-refractivity contribution in [3.05, 3.63) is 36.0 Å². The Balaban J connectivity index is 1.68. The van der Waals surface area contributed by atoms with Crippen molar-refractivity contribution in [3.63, 3.8) is 0 Å². The number of H-pyrrole nitrogens is 1. The second kappa shape index (κ2) is 6.66. The van der Waals surface area contributed by atoms with E-state index in [1.54, 1.807) is 0 Å². The zero-order valence-corrected chi connectivity index (χ0v) is 12.7. The third-order valence-corrected chi connectivity index (χ3v) is 4.03.